The van der Waals surface area contributed by atoms with Gasteiger partial charge < -0.3 is 16.2 Å². The Morgan fingerprint density at radius 3 is 2.47 bits per heavy atom. The molecule has 0 spiro atoms. The number of carbonyl (C=O) groups is 2. The van der Waals surface area contributed by atoms with Crippen molar-refractivity contribution in [3.8, 4) is 0 Å². The second-order valence-electron chi connectivity index (χ2n) is 4.90. The minimum absolute atomic E-state index is 0.0858. The quantitative estimate of drug-likeness (QED) is 0.667. The van der Waals surface area contributed by atoms with Crippen LogP contribution >= 0.6 is 0 Å². The lowest BCUT2D eigenvalue weighted by atomic mass is 9.84. The number of nitrogens with one attached hydrogen (secondary N) is 1. The molecule has 0 bridgehead atoms. The summed E-state index contributed by atoms with van der Waals surface area (Å²) >= 11 is 0. The third-order valence-corrected chi connectivity index (χ3v) is 3.46. The van der Waals surface area contributed by atoms with Crippen LogP contribution in [0.25, 0.3) is 0 Å². The summed E-state index contributed by atoms with van der Waals surface area (Å²) in [5, 5.41) is 11.4. The molecule has 1 aliphatic rings. The van der Waals surface area contributed by atoms with Crippen molar-refractivity contribution in [2.75, 3.05) is 0 Å². The van der Waals surface area contributed by atoms with E-state index < -0.39 is 12.0 Å². The van der Waals surface area contributed by atoms with E-state index in [1.807, 2.05) is 6.92 Å². The number of carboxylic acids is 1. The molecule has 0 radical (unpaired) electrons. The summed E-state index contributed by atoms with van der Waals surface area (Å²) in [4.78, 5) is 22.1. The fourth-order valence-corrected chi connectivity index (χ4v) is 2.36. The second kappa shape index (κ2) is 6.59. The highest BCUT2D eigenvalue weighted by Crippen LogP contribution is 2.26. The Morgan fingerprint density at radius 2 is 1.94 bits per heavy atom. The molecule has 98 valence electrons. The zero-order valence-electron chi connectivity index (χ0n) is 10.3. The van der Waals surface area contributed by atoms with E-state index in [2.05, 4.69) is 5.32 Å². The Labute approximate surface area is 102 Å². The van der Waals surface area contributed by atoms with Crippen LogP contribution < -0.4 is 11.1 Å². The smallest absolute Gasteiger partial charge is 0.305 e. The average Bonchev–Trinajstić information content (AvgIpc) is 2.29. The number of carboxylic acid groups (broad SMARTS) is 1. The maximum Gasteiger partial charge on any atom is 0.305 e. The van der Waals surface area contributed by atoms with Gasteiger partial charge in [-0.05, 0) is 25.7 Å². The Balaban J connectivity index is 2.36. The molecular formula is C12H22N2O3. The lowest BCUT2D eigenvalue weighted by molar-refractivity contribution is -0.139. The van der Waals surface area contributed by atoms with Crippen molar-refractivity contribution in [3.05, 3.63) is 0 Å². The van der Waals surface area contributed by atoms with E-state index in [4.69, 9.17) is 10.8 Å². The van der Waals surface area contributed by atoms with Gasteiger partial charge in [0.05, 0.1) is 12.5 Å². The Morgan fingerprint density at radius 1 is 1.35 bits per heavy atom. The number of carbonyl (C=O) groups excluding carboxylic acids is 1. The molecule has 0 saturated heterocycles. The van der Waals surface area contributed by atoms with Gasteiger partial charge in [0.2, 0.25) is 5.91 Å². The molecule has 1 fully saturated rings. The van der Waals surface area contributed by atoms with Crippen LogP contribution in [0.4, 0.5) is 0 Å². The molecule has 1 amide bonds. The van der Waals surface area contributed by atoms with E-state index in [-0.39, 0.29) is 18.4 Å². The van der Waals surface area contributed by atoms with Crippen molar-refractivity contribution in [2.45, 2.75) is 57.5 Å². The zero-order valence-corrected chi connectivity index (χ0v) is 10.3. The Hall–Kier alpha value is -1.10. The number of amides is 1. The molecule has 1 saturated carbocycles. The highest BCUT2D eigenvalue weighted by atomic mass is 16.4. The van der Waals surface area contributed by atoms with Crippen molar-refractivity contribution >= 4 is 11.9 Å². The van der Waals surface area contributed by atoms with Crippen LogP contribution in [0.1, 0.15) is 45.4 Å². The van der Waals surface area contributed by atoms with Crippen LogP contribution in [0.15, 0.2) is 0 Å². The van der Waals surface area contributed by atoms with Crippen molar-refractivity contribution < 1.29 is 14.7 Å². The lowest BCUT2D eigenvalue weighted by Crippen LogP contribution is -2.47. The molecule has 1 aliphatic carbocycles. The summed E-state index contributed by atoms with van der Waals surface area (Å²) in [6, 6.07) is -0.860. The number of hydrogen-bond donors (Lipinski definition) is 3. The summed E-state index contributed by atoms with van der Waals surface area (Å²) in [5.41, 5.74) is 5.50. The molecule has 0 aliphatic heterocycles. The minimum atomic E-state index is -1.04. The predicted octanol–water partition coefficient (Wildman–Crippen LogP) is 0.873. The van der Waals surface area contributed by atoms with E-state index in [9.17, 15) is 9.59 Å². The molecular weight excluding hydrogens is 220 g/mol. The molecule has 0 aromatic carbocycles. The number of aliphatic carboxylic acids is 1. The van der Waals surface area contributed by atoms with Gasteiger partial charge in [-0.25, -0.2) is 0 Å². The Kier molecular flexibility index (Phi) is 5.41. The van der Waals surface area contributed by atoms with Crippen molar-refractivity contribution in [1.29, 1.82) is 0 Å². The van der Waals surface area contributed by atoms with Crippen LogP contribution in [-0.4, -0.2) is 29.1 Å². The number of rotatable bonds is 5. The first kappa shape index (κ1) is 14.0. The maximum absolute atomic E-state index is 11.6. The molecule has 1 unspecified atom stereocenters. The third kappa shape index (κ3) is 4.73. The highest BCUT2D eigenvalue weighted by molar-refractivity contribution is 5.86. The fraction of sp³-hybridized carbons (Fsp3) is 0.833. The third-order valence-electron chi connectivity index (χ3n) is 3.46. The molecule has 0 aromatic heterocycles. The molecule has 1 rings (SSSR count). The van der Waals surface area contributed by atoms with Gasteiger partial charge in [-0.3, -0.25) is 9.59 Å². The summed E-state index contributed by atoms with van der Waals surface area (Å²) in [5.74, 6) is -0.895. The van der Waals surface area contributed by atoms with Crippen molar-refractivity contribution in [2.24, 2.45) is 11.7 Å². The van der Waals surface area contributed by atoms with Crippen LogP contribution in [0.2, 0.25) is 0 Å². The molecule has 0 aromatic rings. The lowest BCUT2D eigenvalue weighted by Gasteiger charge is -2.28. The first-order valence-corrected chi connectivity index (χ1v) is 6.28. The van der Waals surface area contributed by atoms with Crippen LogP contribution in [0, 0.1) is 5.92 Å². The van der Waals surface area contributed by atoms with E-state index in [0.29, 0.717) is 5.92 Å². The molecule has 4 N–H and O–H groups in total. The summed E-state index contributed by atoms with van der Waals surface area (Å²) < 4.78 is 0. The van der Waals surface area contributed by atoms with E-state index in [0.717, 1.165) is 12.8 Å². The van der Waals surface area contributed by atoms with Gasteiger partial charge in [-0.1, -0.05) is 19.3 Å². The second-order valence-corrected chi connectivity index (χ2v) is 4.90. The summed E-state index contributed by atoms with van der Waals surface area (Å²) in [6.07, 6.45) is 5.66. The number of nitrogens with two attached hydrogens (primary N) is 1. The molecule has 17 heavy (non-hydrogen) atoms. The minimum Gasteiger partial charge on any atom is -0.481 e. The average molecular weight is 242 g/mol. The first-order chi connectivity index (χ1) is 8.00. The topological polar surface area (TPSA) is 92.4 Å². The summed E-state index contributed by atoms with van der Waals surface area (Å²) in [6.45, 7) is 1.97. The van der Waals surface area contributed by atoms with Gasteiger partial charge in [0.15, 0.2) is 0 Å². The van der Waals surface area contributed by atoms with Crippen molar-refractivity contribution in [1.82, 2.24) is 5.32 Å². The SMILES string of the molecule is C[C@@H](NC(=O)C(N)CC(=O)O)C1CCCCC1. The zero-order chi connectivity index (χ0) is 12.8. The van der Waals surface area contributed by atoms with Crippen LogP contribution in [-0.2, 0) is 9.59 Å². The van der Waals surface area contributed by atoms with Crippen LogP contribution in [0.3, 0.4) is 0 Å². The highest BCUT2D eigenvalue weighted by Gasteiger charge is 2.24. The van der Waals surface area contributed by atoms with Gasteiger partial charge in [-0.2, -0.15) is 0 Å². The maximum atomic E-state index is 11.6. The van der Waals surface area contributed by atoms with Gasteiger partial charge >= 0.3 is 5.97 Å². The van der Waals surface area contributed by atoms with Crippen molar-refractivity contribution in [3.63, 3.8) is 0 Å². The monoisotopic (exact) mass is 242 g/mol. The first-order valence-electron chi connectivity index (χ1n) is 6.28. The summed E-state index contributed by atoms with van der Waals surface area (Å²) in [7, 11) is 0. The molecule has 2 atom stereocenters. The standard InChI is InChI=1S/C12H22N2O3/c1-8(9-5-3-2-4-6-9)14-12(17)10(13)7-11(15)16/h8-10H,2-7,13H2,1H3,(H,14,17)(H,15,16)/t8-,10?/m1/s1. The van der Waals surface area contributed by atoms with Crippen LogP contribution in [0.5, 0.6) is 0 Å². The predicted molar refractivity (Wildman–Crippen MR) is 64.4 cm³/mol. The number of hydrogen-bond acceptors (Lipinski definition) is 3. The van der Waals surface area contributed by atoms with Gasteiger partial charge in [0, 0.05) is 6.04 Å². The van der Waals surface area contributed by atoms with Gasteiger partial charge in [0.1, 0.15) is 0 Å². The molecule has 0 heterocycles. The fourth-order valence-electron chi connectivity index (χ4n) is 2.36. The van der Waals surface area contributed by atoms with Gasteiger partial charge in [0.25, 0.3) is 0 Å². The van der Waals surface area contributed by atoms with Gasteiger partial charge in [-0.15, -0.1) is 0 Å². The van der Waals surface area contributed by atoms with E-state index >= 15 is 0 Å². The largest absolute Gasteiger partial charge is 0.481 e. The van der Waals surface area contributed by atoms with E-state index in [1.165, 1.54) is 19.3 Å². The Bertz CT molecular complexity index is 275. The normalized spacial score (nSPS) is 20.6. The molecule has 5 nitrogen and oxygen atoms in total. The molecule has 5 heteroatoms. The van der Waals surface area contributed by atoms with E-state index in [1.54, 1.807) is 0 Å².